The molecule has 0 aliphatic rings. The minimum atomic E-state index is -0.779. The lowest BCUT2D eigenvalue weighted by Crippen LogP contribution is -2.47. The molecule has 0 spiro atoms. The number of carbonyl (C=O) groups is 3. The molecule has 3 amide bonds. The Labute approximate surface area is 195 Å². The molecule has 0 heterocycles. The summed E-state index contributed by atoms with van der Waals surface area (Å²) in [6, 6.07) is 12.7. The number of ether oxygens (including phenoxy) is 2. The lowest BCUT2D eigenvalue weighted by molar-refractivity contribution is -0.118. The largest absolute Gasteiger partial charge is 0.496 e. The molecule has 2 aromatic rings. The van der Waals surface area contributed by atoms with Gasteiger partial charge in [0.25, 0.3) is 11.8 Å². The third-order valence-corrected chi connectivity index (χ3v) is 4.93. The third-order valence-electron chi connectivity index (χ3n) is 4.93. The lowest BCUT2D eigenvalue weighted by atomic mass is 10.0. The van der Waals surface area contributed by atoms with E-state index < -0.39 is 11.9 Å². The van der Waals surface area contributed by atoms with Crippen LogP contribution >= 0.6 is 0 Å². The van der Waals surface area contributed by atoms with Crippen LogP contribution < -0.4 is 20.7 Å². The summed E-state index contributed by atoms with van der Waals surface area (Å²) in [5, 5.41) is 8.42. The van der Waals surface area contributed by atoms with Crippen molar-refractivity contribution < 1.29 is 23.9 Å². The maximum Gasteiger partial charge on any atom is 0.255 e. The molecule has 0 aliphatic heterocycles. The highest BCUT2D eigenvalue weighted by atomic mass is 16.5. The van der Waals surface area contributed by atoms with Crippen LogP contribution in [0.25, 0.3) is 0 Å². The molecule has 1 unspecified atom stereocenters. The van der Waals surface area contributed by atoms with Crippen molar-refractivity contribution >= 4 is 23.4 Å². The molecule has 0 radical (unpaired) electrons. The average molecular weight is 456 g/mol. The Kier molecular flexibility index (Phi) is 10.4. The summed E-state index contributed by atoms with van der Waals surface area (Å²) in [4.78, 5) is 38.1. The number of benzene rings is 2. The van der Waals surface area contributed by atoms with Gasteiger partial charge in [0, 0.05) is 31.0 Å². The lowest BCUT2D eigenvalue weighted by Gasteiger charge is -2.22. The SMILES string of the molecule is CCOCCCNC(=O)c1cccc(NC(=O)C(NC(=O)c2ccccc2OC)C(C)C)c1. The molecule has 0 fully saturated rings. The first-order chi connectivity index (χ1) is 15.9. The second-order valence-corrected chi connectivity index (χ2v) is 7.77. The molecule has 178 valence electrons. The normalized spacial score (nSPS) is 11.5. The topological polar surface area (TPSA) is 106 Å². The molecule has 0 bridgehead atoms. The first-order valence-corrected chi connectivity index (χ1v) is 11.1. The smallest absolute Gasteiger partial charge is 0.255 e. The fourth-order valence-electron chi connectivity index (χ4n) is 3.17. The van der Waals surface area contributed by atoms with E-state index in [0.29, 0.717) is 42.3 Å². The summed E-state index contributed by atoms with van der Waals surface area (Å²) in [5.74, 6) is -0.741. The van der Waals surface area contributed by atoms with Gasteiger partial charge in [0.2, 0.25) is 5.91 Å². The minimum Gasteiger partial charge on any atom is -0.496 e. The summed E-state index contributed by atoms with van der Waals surface area (Å²) in [6.07, 6.45) is 0.720. The fourth-order valence-corrected chi connectivity index (χ4v) is 3.17. The van der Waals surface area contributed by atoms with Gasteiger partial charge in [-0.2, -0.15) is 0 Å². The number of amides is 3. The molecule has 0 saturated carbocycles. The molecule has 2 aromatic carbocycles. The van der Waals surface area contributed by atoms with Crippen molar-refractivity contribution in [1.29, 1.82) is 0 Å². The number of nitrogens with one attached hydrogen (secondary N) is 3. The van der Waals surface area contributed by atoms with Crippen molar-refractivity contribution in [2.45, 2.75) is 33.2 Å². The highest BCUT2D eigenvalue weighted by Crippen LogP contribution is 2.18. The van der Waals surface area contributed by atoms with Crippen molar-refractivity contribution in [1.82, 2.24) is 10.6 Å². The van der Waals surface area contributed by atoms with Crippen LogP contribution in [0.5, 0.6) is 5.75 Å². The third kappa shape index (κ3) is 7.91. The van der Waals surface area contributed by atoms with Gasteiger partial charge in [-0.15, -0.1) is 0 Å². The van der Waals surface area contributed by atoms with E-state index in [2.05, 4.69) is 16.0 Å². The second-order valence-electron chi connectivity index (χ2n) is 7.77. The molecule has 33 heavy (non-hydrogen) atoms. The van der Waals surface area contributed by atoms with Crippen LogP contribution in [0, 0.1) is 5.92 Å². The molecule has 3 N–H and O–H groups in total. The molecule has 0 saturated heterocycles. The molecule has 2 rings (SSSR count). The Balaban J connectivity index is 2.03. The van der Waals surface area contributed by atoms with E-state index in [1.807, 2.05) is 20.8 Å². The predicted molar refractivity (Wildman–Crippen MR) is 128 cm³/mol. The highest BCUT2D eigenvalue weighted by molar-refractivity contribution is 6.03. The van der Waals surface area contributed by atoms with E-state index in [4.69, 9.17) is 9.47 Å². The molecule has 8 nitrogen and oxygen atoms in total. The maximum atomic E-state index is 13.0. The van der Waals surface area contributed by atoms with Crippen molar-refractivity contribution in [3.05, 3.63) is 59.7 Å². The molecule has 0 aliphatic carbocycles. The Hall–Kier alpha value is -3.39. The van der Waals surface area contributed by atoms with Crippen molar-refractivity contribution in [2.75, 3.05) is 32.2 Å². The Bertz CT molecular complexity index is 945. The van der Waals surface area contributed by atoms with E-state index in [1.54, 1.807) is 48.5 Å². The summed E-state index contributed by atoms with van der Waals surface area (Å²) in [7, 11) is 1.49. The number of carbonyl (C=O) groups excluding carboxylic acids is 3. The summed E-state index contributed by atoms with van der Waals surface area (Å²) >= 11 is 0. The highest BCUT2D eigenvalue weighted by Gasteiger charge is 2.26. The van der Waals surface area contributed by atoms with Gasteiger partial charge in [0.05, 0.1) is 12.7 Å². The number of hydrogen-bond donors (Lipinski definition) is 3. The van der Waals surface area contributed by atoms with Crippen molar-refractivity contribution in [3.8, 4) is 5.75 Å². The van der Waals surface area contributed by atoms with Crippen LogP contribution in [0.1, 0.15) is 47.9 Å². The zero-order chi connectivity index (χ0) is 24.2. The van der Waals surface area contributed by atoms with Crippen LogP contribution in [0.15, 0.2) is 48.5 Å². The number of methoxy groups -OCH3 is 1. The zero-order valence-corrected chi connectivity index (χ0v) is 19.6. The summed E-state index contributed by atoms with van der Waals surface area (Å²) in [6.45, 7) is 7.35. The monoisotopic (exact) mass is 455 g/mol. The first kappa shape index (κ1) is 25.9. The van der Waals surface area contributed by atoms with Crippen LogP contribution in [0.3, 0.4) is 0 Å². The molecular weight excluding hydrogens is 422 g/mol. The second kappa shape index (κ2) is 13.2. The Morgan fingerprint density at radius 2 is 1.76 bits per heavy atom. The average Bonchev–Trinajstić information content (AvgIpc) is 2.81. The summed E-state index contributed by atoms with van der Waals surface area (Å²) in [5.41, 5.74) is 1.25. The van der Waals surface area contributed by atoms with Gasteiger partial charge in [0.15, 0.2) is 0 Å². The summed E-state index contributed by atoms with van der Waals surface area (Å²) < 4.78 is 10.5. The van der Waals surface area contributed by atoms with Crippen LogP contribution in [-0.4, -0.2) is 50.6 Å². The van der Waals surface area contributed by atoms with Gasteiger partial charge in [-0.3, -0.25) is 14.4 Å². The van der Waals surface area contributed by atoms with Gasteiger partial charge in [-0.25, -0.2) is 0 Å². The van der Waals surface area contributed by atoms with Gasteiger partial charge < -0.3 is 25.4 Å². The van der Waals surface area contributed by atoms with Crippen LogP contribution in [0.2, 0.25) is 0 Å². The number of para-hydroxylation sites is 1. The first-order valence-electron chi connectivity index (χ1n) is 11.1. The van der Waals surface area contributed by atoms with Gasteiger partial charge in [-0.1, -0.05) is 32.0 Å². The number of rotatable bonds is 12. The fraction of sp³-hybridized carbons (Fsp3) is 0.400. The number of anilines is 1. The van der Waals surface area contributed by atoms with E-state index in [0.717, 1.165) is 6.42 Å². The predicted octanol–water partition coefficient (Wildman–Crippen LogP) is 3.24. The van der Waals surface area contributed by atoms with E-state index in [9.17, 15) is 14.4 Å². The van der Waals surface area contributed by atoms with E-state index >= 15 is 0 Å². The molecule has 0 aromatic heterocycles. The minimum absolute atomic E-state index is 0.166. The van der Waals surface area contributed by atoms with Crippen molar-refractivity contribution in [3.63, 3.8) is 0 Å². The van der Waals surface area contributed by atoms with E-state index in [1.165, 1.54) is 7.11 Å². The zero-order valence-electron chi connectivity index (χ0n) is 19.6. The molecular formula is C25H33N3O5. The van der Waals surface area contributed by atoms with Crippen LogP contribution in [0.4, 0.5) is 5.69 Å². The standard InChI is InChI=1S/C25H33N3O5/c1-5-33-15-9-14-26-23(29)18-10-8-11-19(16-18)27-25(31)22(17(2)3)28-24(30)20-12-6-7-13-21(20)32-4/h6-8,10-13,16-17,22H,5,9,14-15H2,1-4H3,(H,26,29)(H,27,31)(H,28,30). The van der Waals surface area contributed by atoms with Gasteiger partial charge in [0.1, 0.15) is 11.8 Å². The van der Waals surface area contributed by atoms with Gasteiger partial charge in [-0.05, 0) is 49.6 Å². The van der Waals surface area contributed by atoms with Gasteiger partial charge >= 0.3 is 0 Å². The molecule has 8 heteroatoms. The molecule has 1 atom stereocenters. The Morgan fingerprint density at radius 1 is 1.00 bits per heavy atom. The Morgan fingerprint density at radius 3 is 2.45 bits per heavy atom. The van der Waals surface area contributed by atoms with Crippen LogP contribution in [-0.2, 0) is 9.53 Å². The number of hydrogen-bond acceptors (Lipinski definition) is 5. The maximum absolute atomic E-state index is 13.0. The quantitative estimate of drug-likeness (QED) is 0.426. The van der Waals surface area contributed by atoms with Crippen molar-refractivity contribution in [2.24, 2.45) is 5.92 Å². The van der Waals surface area contributed by atoms with E-state index in [-0.39, 0.29) is 17.7 Å².